The third-order valence-corrected chi connectivity index (χ3v) is 10.1. The minimum absolute atomic E-state index is 0.172. The Balaban J connectivity index is 1.79. The molecule has 26 heavy (non-hydrogen) atoms. The van der Waals surface area contributed by atoms with Crippen LogP contribution < -0.4 is 0 Å². The molecule has 3 rings (SSSR count). The molecule has 0 saturated carbocycles. The predicted molar refractivity (Wildman–Crippen MR) is 109 cm³/mol. The molecule has 1 fully saturated rings. The lowest BCUT2D eigenvalue weighted by Gasteiger charge is -2.37. The number of hydrogen-bond acceptors (Lipinski definition) is 3. The molecule has 0 radical (unpaired) electrons. The van der Waals surface area contributed by atoms with Gasteiger partial charge in [-0.2, -0.15) is 5.06 Å². The van der Waals surface area contributed by atoms with E-state index < -0.39 is 8.32 Å². The highest BCUT2D eigenvalue weighted by molar-refractivity contribution is 6.74. The molecule has 1 heterocycles. The number of hydroxylamine groups is 2. The van der Waals surface area contributed by atoms with Crippen LogP contribution in [0.1, 0.15) is 44.4 Å². The monoisotopic (exact) mass is 369 g/mol. The van der Waals surface area contributed by atoms with Gasteiger partial charge in [0.2, 0.25) is 0 Å². The first kappa shape index (κ1) is 19.3. The molecule has 0 aromatic heterocycles. The summed E-state index contributed by atoms with van der Waals surface area (Å²) in [4.78, 5) is 6.31. The lowest BCUT2D eigenvalue weighted by molar-refractivity contribution is -0.222. The molecule has 0 N–H and O–H groups in total. The molecule has 1 aliphatic rings. The van der Waals surface area contributed by atoms with E-state index in [0.29, 0.717) is 0 Å². The van der Waals surface area contributed by atoms with Crippen LogP contribution in [0.15, 0.2) is 60.7 Å². The van der Waals surface area contributed by atoms with Crippen LogP contribution in [-0.2, 0) is 15.8 Å². The van der Waals surface area contributed by atoms with Crippen LogP contribution in [-0.4, -0.2) is 19.7 Å². The largest absolute Gasteiger partial charge is 0.391 e. The van der Waals surface area contributed by atoms with Crippen molar-refractivity contribution in [3.63, 3.8) is 0 Å². The zero-order valence-electron chi connectivity index (χ0n) is 16.6. The van der Waals surface area contributed by atoms with Crippen LogP contribution >= 0.6 is 0 Å². The van der Waals surface area contributed by atoms with Crippen molar-refractivity contribution in [3.05, 3.63) is 71.8 Å². The van der Waals surface area contributed by atoms with Crippen molar-refractivity contribution in [1.29, 1.82) is 0 Å². The van der Waals surface area contributed by atoms with E-state index in [-0.39, 0.29) is 17.4 Å². The van der Waals surface area contributed by atoms with Crippen molar-refractivity contribution in [2.45, 2.75) is 64.2 Å². The first-order chi connectivity index (χ1) is 12.3. The molecule has 3 nitrogen and oxygen atoms in total. The maximum atomic E-state index is 6.56. The molecule has 4 heteroatoms. The van der Waals surface area contributed by atoms with E-state index in [0.717, 1.165) is 13.0 Å². The van der Waals surface area contributed by atoms with E-state index in [9.17, 15) is 0 Å². The lowest BCUT2D eigenvalue weighted by atomic mass is 10.0. The fourth-order valence-electron chi connectivity index (χ4n) is 3.03. The van der Waals surface area contributed by atoms with Gasteiger partial charge in [-0.15, -0.1) is 0 Å². The van der Waals surface area contributed by atoms with Crippen LogP contribution in [0.4, 0.5) is 0 Å². The standard InChI is InChI=1S/C22H31NO2Si/c1-22(2,3)26(4,5)25-21-16-20(19-14-10-7-11-15-19)23(24-21)17-18-12-8-6-9-13-18/h6-15,20-21H,16-17H2,1-5H3/t20-,21+/m0/s1. The summed E-state index contributed by atoms with van der Waals surface area (Å²) in [6.07, 6.45) is 0.688. The molecule has 0 aliphatic carbocycles. The highest BCUT2D eigenvalue weighted by atomic mass is 28.4. The normalized spacial score (nSPS) is 21.9. The van der Waals surface area contributed by atoms with Crippen molar-refractivity contribution >= 4 is 8.32 Å². The van der Waals surface area contributed by atoms with Crippen molar-refractivity contribution in [2.75, 3.05) is 0 Å². The SMILES string of the molecule is CC(C)(C)[Si](C)(C)O[C@@H]1C[C@@H](c2ccccc2)N(Cc2ccccc2)O1. The number of hydrogen-bond donors (Lipinski definition) is 0. The second kappa shape index (κ2) is 7.65. The Bertz CT molecular complexity index is 697. The van der Waals surface area contributed by atoms with Crippen LogP contribution in [0.3, 0.4) is 0 Å². The Morgan fingerprint density at radius 2 is 1.58 bits per heavy atom. The first-order valence-corrected chi connectivity index (χ1v) is 12.4. The van der Waals surface area contributed by atoms with Crippen molar-refractivity contribution in [1.82, 2.24) is 5.06 Å². The number of rotatable bonds is 5. The van der Waals surface area contributed by atoms with Crippen molar-refractivity contribution in [2.24, 2.45) is 0 Å². The maximum absolute atomic E-state index is 6.56. The lowest BCUT2D eigenvalue weighted by Crippen LogP contribution is -2.44. The molecule has 1 aliphatic heterocycles. The van der Waals surface area contributed by atoms with Gasteiger partial charge in [0.1, 0.15) is 0 Å². The van der Waals surface area contributed by atoms with Crippen LogP contribution in [0.5, 0.6) is 0 Å². The number of benzene rings is 2. The second-order valence-corrected chi connectivity index (χ2v) is 13.4. The summed E-state index contributed by atoms with van der Waals surface area (Å²) >= 11 is 0. The third-order valence-electron chi connectivity index (χ3n) is 5.61. The Morgan fingerprint density at radius 3 is 2.15 bits per heavy atom. The summed E-state index contributed by atoms with van der Waals surface area (Å²) in [6.45, 7) is 12.1. The molecule has 0 bridgehead atoms. The quantitative estimate of drug-likeness (QED) is 0.611. The van der Waals surface area contributed by atoms with Crippen molar-refractivity contribution < 1.29 is 9.26 Å². The molecule has 1 saturated heterocycles. The summed E-state index contributed by atoms with van der Waals surface area (Å²) < 4.78 is 6.56. The van der Waals surface area contributed by atoms with Gasteiger partial charge < -0.3 is 4.43 Å². The Labute approximate surface area is 159 Å². The molecule has 2 aromatic carbocycles. The molecular weight excluding hydrogens is 338 g/mol. The van der Waals surface area contributed by atoms with Crippen molar-refractivity contribution in [3.8, 4) is 0 Å². The van der Waals surface area contributed by atoms with E-state index in [4.69, 9.17) is 9.26 Å². The van der Waals surface area contributed by atoms with Gasteiger partial charge in [0, 0.05) is 13.0 Å². The van der Waals surface area contributed by atoms with E-state index in [2.05, 4.69) is 93.5 Å². The minimum Gasteiger partial charge on any atom is -0.391 e. The van der Waals surface area contributed by atoms with E-state index in [1.165, 1.54) is 11.1 Å². The maximum Gasteiger partial charge on any atom is 0.195 e. The number of nitrogens with zero attached hydrogens (tertiary/aromatic N) is 1. The zero-order valence-corrected chi connectivity index (χ0v) is 17.6. The van der Waals surface area contributed by atoms with E-state index >= 15 is 0 Å². The molecule has 2 aromatic rings. The summed E-state index contributed by atoms with van der Waals surface area (Å²) in [5.41, 5.74) is 2.53. The fourth-order valence-corrected chi connectivity index (χ4v) is 4.18. The molecule has 0 spiro atoms. The van der Waals surface area contributed by atoms with Crippen LogP contribution in [0, 0.1) is 0 Å². The van der Waals surface area contributed by atoms with E-state index in [1.54, 1.807) is 0 Å². The first-order valence-electron chi connectivity index (χ1n) is 9.46. The fraction of sp³-hybridized carbons (Fsp3) is 0.455. The van der Waals surface area contributed by atoms with Gasteiger partial charge in [0.25, 0.3) is 0 Å². The smallest absolute Gasteiger partial charge is 0.195 e. The third kappa shape index (κ3) is 4.44. The minimum atomic E-state index is -1.87. The Morgan fingerprint density at radius 1 is 1.00 bits per heavy atom. The molecule has 140 valence electrons. The van der Waals surface area contributed by atoms with Gasteiger partial charge in [-0.05, 0) is 29.3 Å². The highest BCUT2D eigenvalue weighted by Crippen LogP contribution is 2.42. The second-order valence-electron chi connectivity index (χ2n) is 8.64. The van der Waals surface area contributed by atoms with Gasteiger partial charge in [-0.3, -0.25) is 4.84 Å². The summed E-state index contributed by atoms with van der Waals surface area (Å²) in [6, 6.07) is 21.3. The summed E-state index contributed by atoms with van der Waals surface area (Å²) in [5, 5.41) is 2.27. The van der Waals surface area contributed by atoms with Gasteiger partial charge in [-0.1, -0.05) is 81.4 Å². The van der Waals surface area contributed by atoms with E-state index in [1.807, 2.05) is 6.07 Å². The van der Waals surface area contributed by atoms with Gasteiger partial charge in [-0.25, -0.2) is 0 Å². The van der Waals surface area contributed by atoms with Crippen LogP contribution in [0.2, 0.25) is 18.1 Å². The summed E-state index contributed by atoms with van der Waals surface area (Å²) in [5.74, 6) is 0. The Kier molecular flexibility index (Phi) is 5.68. The summed E-state index contributed by atoms with van der Waals surface area (Å²) in [7, 11) is -1.87. The molecule has 0 amide bonds. The molecule has 0 unspecified atom stereocenters. The average molecular weight is 370 g/mol. The highest BCUT2D eigenvalue weighted by Gasteiger charge is 2.43. The zero-order chi connectivity index (χ0) is 18.8. The van der Waals surface area contributed by atoms with Gasteiger partial charge in [0.05, 0.1) is 6.04 Å². The average Bonchev–Trinajstić information content (AvgIpc) is 2.97. The Hall–Kier alpha value is -1.46. The topological polar surface area (TPSA) is 21.7 Å². The molecular formula is C22H31NO2Si. The van der Waals surface area contributed by atoms with Crippen LogP contribution in [0.25, 0.3) is 0 Å². The predicted octanol–water partition coefficient (Wildman–Crippen LogP) is 5.91. The molecule has 2 atom stereocenters. The van der Waals surface area contributed by atoms with Gasteiger partial charge >= 0.3 is 0 Å². The van der Waals surface area contributed by atoms with Gasteiger partial charge in [0.15, 0.2) is 14.6 Å².